The molecule has 0 aliphatic carbocycles. The largest absolute Gasteiger partial charge is 0.493 e. The van der Waals surface area contributed by atoms with E-state index >= 15 is 0 Å². The van der Waals surface area contributed by atoms with Crippen molar-refractivity contribution in [3.63, 3.8) is 0 Å². The predicted molar refractivity (Wildman–Crippen MR) is 81.9 cm³/mol. The van der Waals surface area contributed by atoms with E-state index in [0.717, 1.165) is 12.1 Å². The van der Waals surface area contributed by atoms with Gasteiger partial charge in [0.1, 0.15) is 6.61 Å². The average Bonchev–Trinajstić information content (AvgIpc) is 2.42. The van der Waals surface area contributed by atoms with E-state index < -0.39 is 11.4 Å². The summed E-state index contributed by atoms with van der Waals surface area (Å²) in [6, 6.07) is 6.07. The highest BCUT2D eigenvalue weighted by Crippen LogP contribution is 2.30. The Morgan fingerprint density at radius 3 is 2.52 bits per heavy atom. The Morgan fingerprint density at radius 1 is 1.33 bits per heavy atom. The highest BCUT2D eigenvalue weighted by atomic mass is 16.5. The van der Waals surface area contributed by atoms with Crippen molar-refractivity contribution in [2.24, 2.45) is 5.41 Å². The van der Waals surface area contributed by atoms with Gasteiger partial charge in [0.15, 0.2) is 11.5 Å². The number of hydrogen-bond acceptors (Lipinski definition) is 4. The highest BCUT2D eigenvalue weighted by molar-refractivity contribution is 5.73. The summed E-state index contributed by atoms with van der Waals surface area (Å²) < 4.78 is 10.9. The Morgan fingerprint density at radius 2 is 2.00 bits per heavy atom. The normalized spacial score (nSPS) is 11.5. The van der Waals surface area contributed by atoms with Crippen molar-refractivity contribution in [2.45, 2.75) is 40.3 Å². The molecule has 0 heterocycles. The molecule has 1 aromatic rings. The van der Waals surface area contributed by atoms with Gasteiger partial charge < -0.3 is 19.9 Å². The summed E-state index contributed by atoms with van der Waals surface area (Å²) in [6.07, 6.45) is 0. The first kappa shape index (κ1) is 17.3. The van der Waals surface area contributed by atoms with Gasteiger partial charge >= 0.3 is 5.97 Å². The molecule has 0 atom stereocenters. The van der Waals surface area contributed by atoms with Gasteiger partial charge in [-0.15, -0.1) is 0 Å². The number of hydrogen-bond donors (Lipinski definition) is 2. The molecule has 5 nitrogen and oxygen atoms in total. The maximum Gasteiger partial charge on any atom is 0.312 e. The summed E-state index contributed by atoms with van der Waals surface area (Å²) in [5.41, 5.74) is 0.115. The van der Waals surface area contributed by atoms with Crippen molar-refractivity contribution < 1.29 is 19.4 Å². The number of carboxylic acid groups (broad SMARTS) is 1. The molecule has 0 fully saturated rings. The number of carboxylic acids is 1. The van der Waals surface area contributed by atoms with E-state index in [1.54, 1.807) is 21.0 Å². The molecule has 0 saturated carbocycles. The molecular weight excluding hydrogens is 270 g/mol. The monoisotopic (exact) mass is 295 g/mol. The molecule has 0 aliphatic heterocycles. The molecule has 1 rings (SSSR count). The molecule has 0 amide bonds. The zero-order chi connectivity index (χ0) is 16.0. The number of methoxy groups -OCH3 is 1. The van der Waals surface area contributed by atoms with Crippen LogP contribution in [-0.4, -0.2) is 30.8 Å². The second-order valence-electron chi connectivity index (χ2n) is 6.00. The van der Waals surface area contributed by atoms with E-state index in [1.807, 2.05) is 18.2 Å². The number of nitrogens with one attached hydrogen (secondary N) is 1. The third kappa shape index (κ3) is 5.27. The van der Waals surface area contributed by atoms with Crippen molar-refractivity contribution in [1.29, 1.82) is 0 Å². The summed E-state index contributed by atoms with van der Waals surface area (Å²) in [5, 5.41) is 12.5. The van der Waals surface area contributed by atoms with Crippen LogP contribution in [0.2, 0.25) is 0 Å². The van der Waals surface area contributed by atoms with E-state index in [4.69, 9.17) is 14.6 Å². The molecular formula is C16H25NO4. The minimum absolute atomic E-state index is 0.0831. The van der Waals surface area contributed by atoms with Gasteiger partial charge in [-0.1, -0.05) is 19.9 Å². The van der Waals surface area contributed by atoms with Crippen LogP contribution in [0.1, 0.15) is 33.3 Å². The van der Waals surface area contributed by atoms with E-state index in [0.29, 0.717) is 17.5 Å². The van der Waals surface area contributed by atoms with Gasteiger partial charge in [0.25, 0.3) is 0 Å². The highest BCUT2D eigenvalue weighted by Gasteiger charge is 2.28. The number of rotatable bonds is 8. The third-order valence-electron chi connectivity index (χ3n) is 3.11. The van der Waals surface area contributed by atoms with Gasteiger partial charge in [0.05, 0.1) is 12.5 Å². The number of aliphatic carboxylic acids is 1. The summed E-state index contributed by atoms with van der Waals surface area (Å²) in [4.78, 5) is 11.1. The van der Waals surface area contributed by atoms with Crippen LogP contribution in [0.15, 0.2) is 18.2 Å². The van der Waals surface area contributed by atoms with E-state index in [9.17, 15) is 4.79 Å². The lowest BCUT2D eigenvalue weighted by molar-refractivity contribution is -0.148. The van der Waals surface area contributed by atoms with Gasteiger partial charge in [-0.3, -0.25) is 4.79 Å². The Hall–Kier alpha value is -1.75. The number of benzene rings is 1. The minimum atomic E-state index is -0.947. The van der Waals surface area contributed by atoms with Crippen LogP contribution < -0.4 is 14.8 Å². The topological polar surface area (TPSA) is 67.8 Å². The fraction of sp³-hybridized carbons (Fsp3) is 0.562. The number of ether oxygens (including phenoxy) is 2. The molecule has 0 radical (unpaired) electrons. The van der Waals surface area contributed by atoms with E-state index in [1.165, 1.54) is 0 Å². The van der Waals surface area contributed by atoms with Crippen LogP contribution in [-0.2, 0) is 11.3 Å². The Labute approximate surface area is 126 Å². The first-order valence-corrected chi connectivity index (χ1v) is 7.02. The minimum Gasteiger partial charge on any atom is -0.493 e. The van der Waals surface area contributed by atoms with Gasteiger partial charge in [-0.05, 0) is 31.5 Å². The summed E-state index contributed by atoms with van der Waals surface area (Å²) in [7, 11) is 1.57. The van der Waals surface area contributed by atoms with Crippen LogP contribution in [0.25, 0.3) is 0 Å². The molecule has 1 aromatic carbocycles. The summed E-state index contributed by atoms with van der Waals surface area (Å²) >= 11 is 0. The molecule has 0 spiro atoms. The van der Waals surface area contributed by atoms with Crippen LogP contribution >= 0.6 is 0 Å². The molecule has 0 aromatic heterocycles. The molecule has 2 N–H and O–H groups in total. The third-order valence-corrected chi connectivity index (χ3v) is 3.11. The quantitative estimate of drug-likeness (QED) is 0.772. The van der Waals surface area contributed by atoms with Gasteiger partial charge in [0, 0.05) is 12.6 Å². The molecule has 118 valence electrons. The zero-order valence-corrected chi connectivity index (χ0v) is 13.4. The van der Waals surface area contributed by atoms with Crippen molar-refractivity contribution in [2.75, 3.05) is 13.7 Å². The van der Waals surface area contributed by atoms with Crippen LogP contribution in [0, 0.1) is 5.41 Å². The first-order valence-electron chi connectivity index (χ1n) is 7.02. The van der Waals surface area contributed by atoms with E-state index in [-0.39, 0.29) is 6.61 Å². The van der Waals surface area contributed by atoms with Gasteiger partial charge in [-0.2, -0.15) is 0 Å². The molecule has 21 heavy (non-hydrogen) atoms. The molecule has 5 heteroatoms. The Kier molecular flexibility index (Phi) is 6.03. The molecule has 0 saturated heterocycles. The van der Waals surface area contributed by atoms with Gasteiger partial charge in [-0.25, -0.2) is 0 Å². The van der Waals surface area contributed by atoms with Crippen LogP contribution in [0.3, 0.4) is 0 Å². The maximum atomic E-state index is 11.1. The predicted octanol–water partition coefficient (Wildman–Crippen LogP) is 2.68. The first-order chi connectivity index (χ1) is 9.76. The lowest BCUT2D eigenvalue weighted by atomic mass is 9.95. The van der Waals surface area contributed by atoms with Gasteiger partial charge in [0.2, 0.25) is 0 Å². The van der Waals surface area contributed by atoms with Crippen molar-refractivity contribution in [3.05, 3.63) is 23.8 Å². The molecule has 0 bridgehead atoms. The van der Waals surface area contributed by atoms with E-state index in [2.05, 4.69) is 19.2 Å². The fourth-order valence-corrected chi connectivity index (χ4v) is 1.59. The Bertz CT molecular complexity index is 483. The summed E-state index contributed by atoms with van der Waals surface area (Å²) in [6.45, 7) is 8.23. The summed E-state index contributed by atoms with van der Waals surface area (Å²) in [5.74, 6) is 0.276. The maximum absolute atomic E-state index is 11.1. The lowest BCUT2D eigenvalue weighted by Gasteiger charge is -2.21. The fourth-order valence-electron chi connectivity index (χ4n) is 1.59. The van der Waals surface area contributed by atoms with Crippen molar-refractivity contribution in [3.8, 4) is 11.5 Å². The smallest absolute Gasteiger partial charge is 0.312 e. The van der Waals surface area contributed by atoms with Crippen molar-refractivity contribution in [1.82, 2.24) is 5.32 Å². The average molecular weight is 295 g/mol. The Balaban J connectivity index is 2.83. The molecule has 0 aliphatic rings. The zero-order valence-electron chi connectivity index (χ0n) is 13.4. The second-order valence-corrected chi connectivity index (χ2v) is 6.00. The standard InChI is InChI=1S/C16H25NO4/c1-11(2)17-9-12-6-7-13(20-5)14(8-12)21-10-16(3,4)15(18)19/h6-8,11,17H,9-10H2,1-5H3,(H,18,19). The van der Waals surface area contributed by atoms with Crippen molar-refractivity contribution >= 4 is 5.97 Å². The molecule has 0 unspecified atom stereocenters. The lowest BCUT2D eigenvalue weighted by Crippen LogP contribution is -2.30. The number of carbonyl (C=O) groups is 1. The second kappa shape index (κ2) is 7.31. The van der Waals surface area contributed by atoms with Crippen LogP contribution in [0.5, 0.6) is 11.5 Å². The van der Waals surface area contributed by atoms with Crippen LogP contribution in [0.4, 0.5) is 0 Å². The SMILES string of the molecule is COc1ccc(CNC(C)C)cc1OCC(C)(C)C(=O)O.